The van der Waals surface area contributed by atoms with Gasteiger partial charge >= 0.3 is 6.09 Å². The molecule has 2 fully saturated rings. The Hall–Kier alpha value is -2.97. The van der Waals surface area contributed by atoms with Crippen molar-refractivity contribution in [1.82, 2.24) is 24.9 Å². The monoisotopic (exact) mass is 356 g/mol. The molecule has 0 radical (unpaired) electrons. The van der Waals surface area contributed by atoms with E-state index in [1.165, 1.54) is 4.90 Å². The predicted molar refractivity (Wildman–Crippen MR) is 92.4 cm³/mol. The fourth-order valence-corrected chi connectivity index (χ4v) is 4.00. The van der Waals surface area contributed by atoms with Gasteiger partial charge in [-0.05, 0) is 37.5 Å². The third kappa shape index (κ3) is 2.69. The van der Waals surface area contributed by atoms with Crippen molar-refractivity contribution in [2.24, 2.45) is 18.4 Å². The topological polar surface area (TPSA) is 113 Å². The van der Waals surface area contributed by atoms with E-state index in [2.05, 4.69) is 20.6 Å². The van der Waals surface area contributed by atoms with Crippen LogP contribution in [0.2, 0.25) is 0 Å². The predicted octanol–water partition coefficient (Wildman–Crippen LogP) is 1.51. The Bertz CT molecular complexity index is 842. The lowest BCUT2D eigenvalue weighted by Crippen LogP contribution is -2.64. The smallest absolute Gasteiger partial charge is 0.407 e. The molecule has 4 rings (SSSR count). The second-order valence-corrected chi connectivity index (χ2v) is 7.34. The average molecular weight is 356 g/mol. The molecule has 1 aliphatic carbocycles. The molecule has 9 heteroatoms. The highest BCUT2D eigenvalue weighted by molar-refractivity contribution is 5.92. The van der Waals surface area contributed by atoms with Gasteiger partial charge in [-0.1, -0.05) is 0 Å². The molecule has 26 heavy (non-hydrogen) atoms. The van der Waals surface area contributed by atoms with Crippen LogP contribution in [0.1, 0.15) is 18.4 Å². The summed E-state index contributed by atoms with van der Waals surface area (Å²) in [7, 11) is 1.85. The van der Waals surface area contributed by atoms with E-state index in [0.717, 1.165) is 24.1 Å². The Morgan fingerprint density at radius 1 is 1.27 bits per heavy atom. The van der Waals surface area contributed by atoms with E-state index in [-0.39, 0.29) is 17.2 Å². The number of nitrogens with zero attached hydrogens (tertiary/aromatic N) is 5. The first-order chi connectivity index (χ1) is 12.4. The minimum absolute atomic E-state index is 0.00694. The average Bonchev–Trinajstić information content (AvgIpc) is 2.84. The van der Waals surface area contributed by atoms with E-state index >= 15 is 0 Å². The van der Waals surface area contributed by atoms with E-state index in [1.54, 1.807) is 16.9 Å². The normalized spacial score (nSPS) is 18.3. The van der Waals surface area contributed by atoms with E-state index in [9.17, 15) is 9.59 Å². The van der Waals surface area contributed by atoms with E-state index in [4.69, 9.17) is 5.11 Å². The lowest BCUT2D eigenvalue weighted by atomic mass is 9.57. The van der Waals surface area contributed by atoms with Crippen molar-refractivity contribution in [3.05, 3.63) is 23.9 Å². The quantitative estimate of drug-likeness (QED) is 0.862. The van der Waals surface area contributed by atoms with Gasteiger partial charge in [0.05, 0.1) is 11.9 Å². The number of hydrogen-bond acceptors (Lipinski definition) is 5. The van der Waals surface area contributed by atoms with Crippen LogP contribution in [0.4, 0.5) is 10.6 Å². The Labute approximate surface area is 150 Å². The number of aryl methyl sites for hydroxylation is 2. The molecular weight excluding hydrogens is 336 g/mol. The van der Waals surface area contributed by atoms with Crippen LogP contribution >= 0.6 is 0 Å². The van der Waals surface area contributed by atoms with Gasteiger partial charge in [0, 0.05) is 31.5 Å². The number of carbonyl (C=O) groups excluding carboxylic acids is 1. The number of amides is 2. The molecule has 9 nitrogen and oxygen atoms in total. The Balaban J connectivity index is 1.34. The standard InChI is InChI=1S/C17H20N6O3/c1-10-7-18-22(2)14(10)12-3-4-13(21-20-12)19-15(24)11-5-17(6-11)8-23(9-17)16(25)26/h3-4,7,11H,5-6,8-9H2,1-2H3,(H,25,26)(H,19,21,24). The number of likely N-dealkylation sites (tertiary alicyclic amines) is 1. The second-order valence-electron chi connectivity index (χ2n) is 7.34. The van der Waals surface area contributed by atoms with Crippen molar-refractivity contribution in [1.29, 1.82) is 0 Å². The molecule has 2 aromatic rings. The number of nitrogens with one attached hydrogen (secondary N) is 1. The fraction of sp³-hybridized carbons (Fsp3) is 0.471. The fourth-order valence-electron chi connectivity index (χ4n) is 4.00. The largest absolute Gasteiger partial charge is 0.465 e. The van der Waals surface area contributed by atoms with E-state index in [1.807, 2.05) is 20.0 Å². The molecule has 0 atom stereocenters. The molecule has 0 bridgehead atoms. The number of hydrogen-bond donors (Lipinski definition) is 2. The highest BCUT2D eigenvalue weighted by Crippen LogP contribution is 2.52. The summed E-state index contributed by atoms with van der Waals surface area (Å²) < 4.78 is 1.74. The molecular formula is C17H20N6O3. The summed E-state index contributed by atoms with van der Waals surface area (Å²) in [6.45, 7) is 3.02. The van der Waals surface area contributed by atoms with Gasteiger partial charge in [-0.15, -0.1) is 10.2 Å². The number of aromatic nitrogens is 4. The summed E-state index contributed by atoms with van der Waals surface area (Å²) in [6.07, 6.45) is 2.33. The maximum Gasteiger partial charge on any atom is 0.407 e. The van der Waals surface area contributed by atoms with Gasteiger partial charge in [-0.2, -0.15) is 5.10 Å². The van der Waals surface area contributed by atoms with Gasteiger partial charge in [0.15, 0.2) is 5.82 Å². The molecule has 2 N–H and O–H groups in total. The first-order valence-corrected chi connectivity index (χ1v) is 8.48. The summed E-state index contributed by atoms with van der Waals surface area (Å²) in [6, 6.07) is 3.54. The summed E-state index contributed by atoms with van der Waals surface area (Å²) in [5, 5.41) is 24.2. The highest BCUT2D eigenvalue weighted by atomic mass is 16.4. The minimum atomic E-state index is -0.887. The summed E-state index contributed by atoms with van der Waals surface area (Å²) >= 11 is 0. The van der Waals surface area contributed by atoms with Crippen LogP contribution < -0.4 is 5.32 Å². The zero-order valence-corrected chi connectivity index (χ0v) is 14.6. The Kier molecular flexibility index (Phi) is 3.67. The van der Waals surface area contributed by atoms with Crippen LogP contribution in [0.3, 0.4) is 0 Å². The molecule has 1 saturated heterocycles. The van der Waals surface area contributed by atoms with Gasteiger partial charge in [-0.25, -0.2) is 4.79 Å². The molecule has 1 aliphatic heterocycles. The third-order valence-electron chi connectivity index (χ3n) is 5.33. The number of carboxylic acid groups (broad SMARTS) is 1. The van der Waals surface area contributed by atoms with Crippen molar-refractivity contribution in [3.63, 3.8) is 0 Å². The van der Waals surface area contributed by atoms with E-state index < -0.39 is 6.09 Å². The molecule has 0 unspecified atom stereocenters. The number of rotatable bonds is 3. The lowest BCUT2D eigenvalue weighted by Gasteiger charge is -2.57. The van der Waals surface area contributed by atoms with Gasteiger partial charge in [-0.3, -0.25) is 9.48 Å². The summed E-state index contributed by atoms with van der Waals surface area (Å²) in [5.41, 5.74) is 2.61. The Morgan fingerprint density at radius 3 is 2.54 bits per heavy atom. The van der Waals surface area contributed by atoms with Crippen LogP contribution in [-0.4, -0.2) is 55.1 Å². The van der Waals surface area contributed by atoms with Crippen LogP contribution in [0.25, 0.3) is 11.4 Å². The first kappa shape index (κ1) is 16.5. The SMILES string of the molecule is Cc1cnn(C)c1-c1ccc(NC(=O)C2CC3(C2)CN(C(=O)O)C3)nn1. The third-order valence-corrected chi connectivity index (χ3v) is 5.33. The van der Waals surface area contributed by atoms with Crippen molar-refractivity contribution in [3.8, 4) is 11.4 Å². The minimum Gasteiger partial charge on any atom is -0.465 e. The zero-order valence-electron chi connectivity index (χ0n) is 14.6. The summed E-state index contributed by atoms with van der Waals surface area (Å²) in [4.78, 5) is 24.6. The van der Waals surface area contributed by atoms with Gasteiger partial charge in [0.25, 0.3) is 0 Å². The molecule has 0 aromatic carbocycles. The van der Waals surface area contributed by atoms with Crippen LogP contribution in [0, 0.1) is 18.3 Å². The van der Waals surface area contributed by atoms with Crippen LogP contribution in [-0.2, 0) is 11.8 Å². The molecule has 3 heterocycles. The molecule has 2 aliphatic rings. The maximum absolute atomic E-state index is 12.3. The van der Waals surface area contributed by atoms with Gasteiger partial charge < -0.3 is 15.3 Å². The zero-order chi connectivity index (χ0) is 18.5. The van der Waals surface area contributed by atoms with Crippen LogP contribution in [0.5, 0.6) is 0 Å². The first-order valence-electron chi connectivity index (χ1n) is 8.48. The van der Waals surface area contributed by atoms with Crippen LogP contribution in [0.15, 0.2) is 18.3 Å². The molecule has 1 spiro atoms. The van der Waals surface area contributed by atoms with Crippen molar-refractivity contribution in [2.75, 3.05) is 18.4 Å². The molecule has 136 valence electrons. The Morgan fingerprint density at radius 2 is 2.00 bits per heavy atom. The maximum atomic E-state index is 12.3. The molecule has 1 saturated carbocycles. The summed E-state index contributed by atoms with van der Waals surface area (Å²) in [5.74, 6) is 0.246. The highest BCUT2D eigenvalue weighted by Gasteiger charge is 2.55. The second kappa shape index (κ2) is 5.79. The van der Waals surface area contributed by atoms with Gasteiger partial charge in [0.2, 0.25) is 5.91 Å². The number of anilines is 1. The molecule has 2 aromatic heterocycles. The van der Waals surface area contributed by atoms with Crippen molar-refractivity contribution >= 4 is 17.8 Å². The van der Waals surface area contributed by atoms with E-state index in [0.29, 0.717) is 24.6 Å². The van der Waals surface area contributed by atoms with Crippen molar-refractivity contribution in [2.45, 2.75) is 19.8 Å². The number of carbonyl (C=O) groups is 2. The lowest BCUT2D eigenvalue weighted by molar-refractivity contribution is -0.136. The molecule has 2 amide bonds. The van der Waals surface area contributed by atoms with Crippen molar-refractivity contribution < 1.29 is 14.7 Å². The van der Waals surface area contributed by atoms with Gasteiger partial charge in [0.1, 0.15) is 5.69 Å².